The summed E-state index contributed by atoms with van der Waals surface area (Å²) in [7, 11) is 1.89. The van der Waals surface area contributed by atoms with Gasteiger partial charge in [-0.25, -0.2) is 0 Å². The number of rotatable bonds is 4. The van der Waals surface area contributed by atoms with Crippen molar-refractivity contribution in [3.63, 3.8) is 0 Å². The van der Waals surface area contributed by atoms with E-state index in [-0.39, 0.29) is 16.1 Å². The zero-order valence-corrected chi connectivity index (χ0v) is 12.1. The molecule has 0 atom stereocenters. The van der Waals surface area contributed by atoms with Crippen LogP contribution in [0.4, 0.5) is 11.4 Å². The van der Waals surface area contributed by atoms with Crippen molar-refractivity contribution in [1.29, 1.82) is 0 Å². The molecular formula is C12H17BrN2O2. The van der Waals surface area contributed by atoms with Crippen LogP contribution in [0, 0.1) is 10.1 Å². The number of halogens is 1. The minimum atomic E-state index is -0.345. The summed E-state index contributed by atoms with van der Waals surface area (Å²) in [5, 5.41) is 11.1. The molecule has 1 rings (SSSR count). The molecule has 0 heterocycles. The molecule has 94 valence electrons. The number of anilines is 1. The third-order valence-corrected chi connectivity index (χ3v) is 3.76. The van der Waals surface area contributed by atoms with Gasteiger partial charge in [-0.15, -0.1) is 0 Å². The second kappa shape index (κ2) is 5.04. The van der Waals surface area contributed by atoms with Gasteiger partial charge in [-0.1, -0.05) is 22.9 Å². The lowest BCUT2D eigenvalue weighted by Gasteiger charge is -2.36. The maximum atomic E-state index is 11.1. The van der Waals surface area contributed by atoms with E-state index in [9.17, 15) is 10.1 Å². The van der Waals surface area contributed by atoms with Crippen molar-refractivity contribution in [3.8, 4) is 0 Å². The predicted molar refractivity (Wildman–Crippen MR) is 73.6 cm³/mol. The van der Waals surface area contributed by atoms with Crippen LogP contribution < -0.4 is 4.90 Å². The third kappa shape index (κ3) is 2.97. The highest BCUT2D eigenvalue weighted by Crippen LogP contribution is 2.34. The summed E-state index contributed by atoms with van der Waals surface area (Å²) in [5.41, 5.74) is 0.659. The van der Waals surface area contributed by atoms with Crippen molar-refractivity contribution in [3.05, 3.63) is 32.8 Å². The number of nitrogens with zero attached hydrogens (tertiary/aromatic N) is 2. The van der Waals surface area contributed by atoms with Gasteiger partial charge < -0.3 is 4.90 Å². The molecule has 4 nitrogen and oxygen atoms in total. The Labute approximate surface area is 110 Å². The Hall–Kier alpha value is -1.10. The van der Waals surface area contributed by atoms with E-state index in [0.29, 0.717) is 5.69 Å². The highest BCUT2D eigenvalue weighted by Gasteiger charge is 2.27. The van der Waals surface area contributed by atoms with Crippen molar-refractivity contribution >= 4 is 27.3 Å². The topological polar surface area (TPSA) is 46.4 Å². The molecule has 0 amide bonds. The van der Waals surface area contributed by atoms with Gasteiger partial charge in [0.05, 0.1) is 4.92 Å². The quantitative estimate of drug-likeness (QED) is 0.624. The Morgan fingerprint density at radius 1 is 1.47 bits per heavy atom. The fraction of sp³-hybridized carbons (Fsp3) is 0.500. The van der Waals surface area contributed by atoms with Crippen LogP contribution in [0.3, 0.4) is 0 Å². The highest BCUT2D eigenvalue weighted by atomic mass is 79.9. The largest absolute Gasteiger partial charge is 0.364 e. The standard InChI is InChI=1S/C12H17BrN2O2/c1-5-12(2,3)14(4)10-7-6-9(13)8-11(10)15(16)17/h6-8H,5H2,1-4H3. The Kier molecular flexibility index (Phi) is 4.14. The molecule has 0 aliphatic carbocycles. The maximum Gasteiger partial charge on any atom is 0.293 e. The molecule has 0 unspecified atom stereocenters. The van der Waals surface area contributed by atoms with Crippen molar-refractivity contribution < 1.29 is 4.92 Å². The predicted octanol–water partition coefficient (Wildman–Crippen LogP) is 3.98. The zero-order chi connectivity index (χ0) is 13.2. The Bertz CT molecular complexity index is 433. The number of nitro benzene ring substituents is 1. The molecule has 1 aromatic carbocycles. The van der Waals surface area contributed by atoms with Gasteiger partial charge in [0.15, 0.2) is 0 Å². The van der Waals surface area contributed by atoms with Gasteiger partial charge in [0.25, 0.3) is 5.69 Å². The number of hydrogen-bond donors (Lipinski definition) is 0. The summed E-state index contributed by atoms with van der Waals surface area (Å²) in [6, 6.07) is 5.14. The molecule has 17 heavy (non-hydrogen) atoms. The van der Waals surface area contributed by atoms with Gasteiger partial charge in [-0.05, 0) is 32.4 Å². The van der Waals surface area contributed by atoms with Crippen LogP contribution in [0.5, 0.6) is 0 Å². The molecule has 0 spiro atoms. The van der Waals surface area contributed by atoms with Gasteiger partial charge in [0.1, 0.15) is 5.69 Å². The molecule has 0 aliphatic rings. The average molecular weight is 301 g/mol. The van der Waals surface area contributed by atoms with E-state index >= 15 is 0 Å². The van der Waals surface area contributed by atoms with Crippen LogP contribution in [-0.4, -0.2) is 17.5 Å². The summed E-state index contributed by atoms with van der Waals surface area (Å²) >= 11 is 3.26. The smallest absolute Gasteiger partial charge is 0.293 e. The summed E-state index contributed by atoms with van der Waals surface area (Å²) in [6.07, 6.45) is 0.913. The fourth-order valence-corrected chi connectivity index (χ4v) is 1.84. The van der Waals surface area contributed by atoms with Crippen LogP contribution in [-0.2, 0) is 0 Å². The van der Waals surface area contributed by atoms with E-state index in [2.05, 4.69) is 36.7 Å². The molecule has 0 saturated carbocycles. The van der Waals surface area contributed by atoms with Gasteiger partial charge in [0, 0.05) is 23.1 Å². The number of benzene rings is 1. The van der Waals surface area contributed by atoms with Crippen molar-refractivity contribution in [2.45, 2.75) is 32.7 Å². The van der Waals surface area contributed by atoms with E-state index in [1.54, 1.807) is 6.07 Å². The molecule has 5 heteroatoms. The lowest BCUT2D eigenvalue weighted by atomic mass is 9.99. The lowest BCUT2D eigenvalue weighted by molar-refractivity contribution is -0.384. The summed E-state index contributed by atoms with van der Waals surface area (Å²) in [5.74, 6) is 0. The summed E-state index contributed by atoms with van der Waals surface area (Å²) in [6.45, 7) is 6.21. The molecular weight excluding hydrogens is 284 g/mol. The molecule has 0 fully saturated rings. The number of hydrogen-bond acceptors (Lipinski definition) is 3. The first-order valence-corrected chi connectivity index (χ1v) is 6.26. The van der Waals surface area contributed by atoms with Crippen molar-refractivity contribution in [2.75, 3.05) is 11.9 Å². The monoisotopic (exact) mass is 300 g/mol. The van der Waals surface area contributed by atoms with Gasteiger partial charge in [0.2, 0.25) is 0 Å². The second-order valence-electron chi connectivity index (χ2n) is 4.62. The molecule has 0 N–H and O–H groups in total. The van der Waals surface area contributed by atoms with Crippen molar-refractivity contribution in [1.82, 2.24) is 0 Å². The van der Waals surface area contributed by atoms with E-state index < -0.39 is 0 Å². The van der Waals surface area contributed by atoms with E-state index in [1.165, 1.54) is 6.07 Å². The minimum absolute atomic E-state index is 0.113. The minimum Gasteiger partial charge on any atom is -0.364 e. The molecule has 0 bridgehead atoms. The van der Waals surface area contributed by atoms with Gasteiger partial charge in [-0.2, -0.15) is 0 Å². The first-order valence-electron chi connectivity index (χ1n) is 5.47. The Morgan fingerprint density at radius 3 is 2.53 bits per heavy atom. The molecule has 0 radical (unpaired) electrons. The highest BCUT2D eigenvalue weighted by molar-refractivity contribution is 9.10. The maximum absolute atomic E-state index is 11.1. The molecule has 0 aromatic heterocycles. The van der Waals surface area contributed by atoms with Crippen molar-refractivity contribution in [2.24, 2.45) is 0 Å². The van der Waals surface area contributed by atoms with E-state index in [4.69, 9.17) is 0 Å². The first-order chi connectivity index (χ1) is 7.79. The SMILES string of the molecule is CCC(C)(C)N(C)c1ccc(Br)cc1[N+](=O)[O-]. The number of nitro groups is 1. The van der Waals surface area contributed by atoms with Crippen LogP contribution >= 0.6 is 15.9 Å². The molecule has 1 aromatic rings. The lowest BCUT2D eigenvalue weighted by Crippen LogP contribution is -2.40. The third-order valence-electron chi connectivity index (χ3n) is 3.27. The Morgan fingerprint density at radius 2 is 2.06 bits per heavy atom. The summed E-state index contributed by atoms with van der Waals surface area (Å²) < 4.78 is 0.718. The normalized spacial score (nSPS) is 11.4. The van der Waals surface area contributed by atoms with Crippen LogP contribution in [0.2, 0.25) is 0 Å². The van der Waals surface area contributed by atoms with Gasteiger partial charge >= 0.3 is 0 Å². The van der Waals surface area contributed by atoms with Crippen LogP contribution in [0.25, 0.3) is 0 Å². The second-order valence-corrected chi connectivity index (χ2v) is 5.53. The van der Waals surface area contributed by atoms with E-state index in [0.717, 1.165) is 10.9 Å². The molecule has 0 aliphatic heterocycles. The fourth-order valence-electron chi connectivity index (χ4n) is 1.49. The van der Waals surface area contributed by atoms with Crippen LogP contribution in [0.1, 0.15) is 27.2 Å². The molecule has 0 saturated heterocycles. The zero-order valence-electron chi connectivity index (χ0n) is 10.5. The first kappa shape index (κ1) is 14.0. The Balaban J connectivity index is 3.26. The van der Waals surface area contributed by atoms with Crippen LogP contribution in [0.15, 0.2) is 22.7 Å². The average Bonchev–Trinajstić information content (AvgIpc) is 2.28. The van der Waals surface area contributed by atoms with Gasteiger partial charge in [-0.3, -0.25) is 10.1 Å². The summed E-state index contributed by atoms with van der Waals surface area (Å²) in [4.78, 5) is 12.7. The van der Waals surface area contributed by atoms with E-state index in [1.807, 2.05) is 18.0 Å².